The highest BCUT2D eigenvalue weighted by molar-refractivity contribution is 5.16. The molecule has 0 spiro atoms. The Bertz CT molecular complexity index is 278. The second kappa shape index (κ2) is 3.18. The summed E-state index contributed by atoms with van der Waals surface area (Å²) in [5.41, 5.74) is 8.52. The standard InChI is InChI=1S/C11H18N2/c1-8-3-4-9(2)13(8)11(7-12)10-5-6-10/h3-4,10-11H,5-7,12H2,1-2H3. The third-order valence-corrected chi connectivity index (χ3v) is 3.07. The van der Waals surface area contributed by atoms with Crippen LogP contribution in [0.15, 0.2) is 12.1 Å². The van der Waals surface area contributed by atoms with Crippen LogP contribution in [0.1, 0.15) is 30.3 Å². The van der Waals surface area contributed by atoms with Gasteiger partial charge in [-0.3, -0.25) is 0 Å². The van der Waals surface area contributed by atoms with Gasteiger partial charge in [-0.15, -0.1) is 0 Å². The third kappa shape index (κ3) is 1.51. The molecule has 2 nitrogen and oxygen atoms in total. The largest absolute Gasteiger partial charge is 0.345 e. The first-order chi connectivity index (χ1) is 6.24. The van der Waals surface area contributed by atoms with Gasteiger partial charge >= 0.3 is 0 Å². The average molecular weight is 178 g/mol. The fourth-order valence-corrected chi connectivity index (χ4v) is 2.19. The van der Waals surface area contributed by atoms with Crippen molar-refractivity contribution in [1.29, 1.82) is 0 Å². The van der Waals surface area contributed by atoms with Crippen LogP contribution in [-0.2, 0) is 0 Å². The van der Waals surface area contributed by atoms with Crippen LogP contribution in [0.4, 0.5) is 0 Å². The van der Waals surface area contributed by atoms with Gasteiger partial charge in [0.1, 0.15) is 0 Å². The van der Waals surface area contributed by atoms with Crippen molar-refractivity contribution in [2.24, 2.45) is 11.7 Å². The molecule has 1 fully saturated rings. The molecule has 1 aliphatic carbocycles. The molecular formula is C11H18N2. The molecule has 2 N–H and O–H groups in total. The van der Waals surface area contributed by atoms with Gasteiger partial charge in [-0.2, -0.15) is 0 Å². The van der Waals surface area contributed by atoms with Crippen LogP contribution >= 0.6 is 0 Å². The summed E-state index contributed by atoms with van der Waals surface area (Å²) in [5, 5.41) is 0. The third-order valence-electron chi connectivity index (χ3n) is 3.07. The summed E-state index contributed by atoms with van der Waals surface area (Å²) >= 11 is 0. The highest BCUT2D eigenvalue weighted by atomic mass is 15.1. The number of hydrogen-bond acceptors (Lipinski definition) is 1. The molecule has 0 aromatic carbocycles. The van der Waals surface area contributed by atoms with Crippen molar-refractivity contribution >= 4 is 0 Å². The average Bonchev–Trinajstić information content (AvgIpc) is 2.88. The highest BCUT2D eigenvalue weighted by Gasteiger charge is 2.32. The maximum Gasteiger partial charge on any atom is 0.0486 e. The van der Waals surface area contributed by atoms with Crippen LogP contribution in [0, 0.1) is 19.8 Å². The van der Waals surface area contributed by atoms with Crippen LogP contribution < -0.4 is 5.73 Å². The van der Waals surface area contributed by atoms with Crippen LogP contribution in [0.2, 0.25) is 0 Å². The van der Waals surface area contributed by atoms with E-state index in [9.17, 15) is 0 Å². The molecular weight excluding hydrogens is 160 g/mol. The van der Waals surface area contributed by atoms with Gasteiger partial charge in [-0.25, -0.2) is 0 Å². The SMILES string of the molecule is Cc1ccc(C)n1C(CN)C1CC1. The molecule has 2 rings (SSSR count). The Labute approximate surface area is 79.7 Å². The lowest BCUT2D eigenvalue weighted by molar-refractivity contribution is 0.441. The van der Waals surface area contributed by atoms with Gasteiger partial charge in [0.25, 0.3) is 0 Å². The minimum atomic E-state index is 0.551. The number of hydrogen-bond donors (Lipinski definition) is 1. The Morgan fingerprint density at radius 3 is 2.31 bits per heavy atom. The monoisotopic (exact) mass is 178 g/mol. The Morgan fingerprint density at radius 1 is 1.38 bits per heavy atom. The zero-order valence-corrected chi connectivity index (χ0v) is 8.46. The lowest BCUT2D eigenvalue weighted by atomic mass is 10.1. The number of nitrogens with two attached hydrogens (primary N) is 1. The topological polar surface area (TPSA) is 30.9 Å². The van der Waals surface area contributed by atoms with Crippen LogP contribution in [-0.4, -0.2) is 11.1 Å². The van der Waals surface area contributed by atoms with E-state index in [1.165, 1.54) is 24.2 Å². The molecule has 1 saturated carbocycles. The first-order valence-electron chi connectivity index (χ1n) is 5.08. The molecule has 1 aliphatic rings. The number of nitrogens with zero attached hydrogens (tertiary/aromatic N) is 1. The minimum Gasteiger partial charge on any atom is -0.345 e. The molecule has 0 radical (unpaired) electrons. The molecule has 0 bridgehead atoms. The van der Waals surface area contributed by atoms with E-state index < -0.39 is 0 Å². The van der Waals surface area contributed by atoms with Gasteiger partial charge in [0.15, 0.2) is 0 Å². The van der Waals surface area contributed by atoms with Crippen LogP contribution in [0.5, 0.6) is 0 Å². The van der Waals surface area contributed by atoms with Gasteiger partial charge in [0.2, 0.25) is 0 Å². The van der Waals surface area contributed by atoms with Gasteiger partial charge in [0.05, 0.1) is 0 Å². The molecule has 0 amide bonds. The van der Waals surface area contributed by atoms with E-state index in [1.807, 2.05) is 0 Å². The van der Waals surface area contributed by atoms with E-state index in [2.05, 4.69) is 30.5 Å². The van der Waals surface area contributed by atoms with E-state index in [1.54, 1.807) is 0 Å². The lowest BCUT2D eigenvalue weighted by Gasteiger charge is -2.20. The molecule has 1 heterocycles. The maximum absolute atomic E-state index is 5.82. The van der Waals surface area contributed by atoms with Gasteiger partial charge in [-0.1, -0.05) is 0 Å². The van der Waals surface area contributed by atoms with Crippen molar-refractivity contribution in [3.8, 4) is 0 Å². The normalized spacial score (nSPS) is 19.0. The van der Waals surface area contributed by atoms with E-state index >= 15 is 0 Å². The zero-order chi connectivity index (χ0) is 9.42. The van der Waals surface area contributed by atoms with Crippen molar-refractivity contribution in [1.82, 2.24) is 4.57 Å². The van der Waals surface area contributed by atoms with Crippen molar-refractivity contribution in [3.63, 3.8) is 0 Å². The lowest BCUT2D eigenvalue weighted by Crippen LogP contribution is -2.22. The zero-order valence-electron chi connectivity index (χ0n) is 8.46. The van der Waals surface area contributed by atoms with Crippen molar-refractivity contribution in [2.45, 2.75) is 32.7 Å². The van der Waals surface area contributed by atoms with Gasteiger partial charge in [0, 0.05) is 24.0 Å². The smallest absolute Gasteiger partial charge is 0.0486 e. The van der Waals surface area contributed by atoms with Gasteiger partial charge in [-0.05, 0) is 44.7 Å². The van der Waals surface area contributed by atoms with Gasteiger partial charge < -0.3 is 10.3 Å². The van der Waals surface area contributed by atoms with Crippen molar-refractivity contribution in [2.75, 3.05) is 6.54 Å². The summed E-state index contributed by atoms with van der Waals surface area (Å²) in [6.45, 7) is 5.11. The van der Waals surface area contributed by atoms with Crippen LogP contribution in [0.3, 0.4) is 0 Å². The quantitative estimate of drug-likeness (QED) is 0.754. The highest BCUT2D eigenvalue weighted by Crippen LogP contribution is 2.40. The Hall–Kier alpha value is -0.760. The summed E-state index contributed by atoms with van der Waals surface area (Å²) in [6, 6.07) is 4.91. The van der Waals surface area contributed by atoms with E-state index in [0.29, 0.717) is 6.04 Å². The molecule has 72 valence electrons. The summed E-state index contributed by atoms with van der Waals surface area (Å²) in [7, 11) is 0. The summed E-state index contributed by atoms with van der Waals surface area (Å²) < 4.78 is 2.40. The summed E-state index contributed by atoms with van der Waals surface area (Å²) in [6.07, 6.45) is 2.72. The second-order valence-corrected chi connectivity index (χ2v) is 4.13. The van der Waals surface area contributed by atoms with Crippen LogP contribution in [0.25, 0.3) is 0 Å². The van der Waals surface area contributed by atoms with E-state index in [4.69, 9.17) is 5.73 Å². The predicted molar refractivity (Wildman–Crippen MR) is 54.7 cm³/mol. The number of aryl methyl sites for hydroxylation is 2. The fourth-order valence-electron chi connectivity index (χ4n) is 2.19. The number of rotatable bonds is 3. The van der Waals surface area contributed by atoms with E-state index in [-0.39, 0.29) is 0 Å². The molecule has 0 saturated heterocycles. The molecule has 0 aliphatic heterocycles. The molecule has 1 atom stereocenters. The Kier molecular flexibility index (Phi) is 2.16. The molecule has 13 heavy (non-hydrogen) atoms. The minimum absolute atomic E-state index is 0.551. The van der Waals surface area contributed by atoms with E-state index in [0.717, 1.165) is 12.5 Å². The summed E-state index contributed by atoms with van der Waals surface area (Å²) in [5.74, 6) is 0.842. The Balaban J connectivity index is 2.30. The molecule has 1 aromatic rings. The molecule has 2 heteroatoms. The number of aromatic nitrogens is 1. The first kappa shape index (κ1) is 8.82. The summed E-state index contributed by atoms with van der Waals surface area (Å²) in [4.78, 5) is 0. The van der Waals surface area contributed by atoms with Crippen molar-refractivity contribution < 1.29 is 0 Å². The molecule has 1 unspecified atom stereocenters. The maximum atomic E-state index is 5.82. The van der Waals surface area contributed by atoms with Crippen molar-refractivity contribution in [3.05, 3.63) is 23.5 Å². The second-order valence-electron chi connectivity index (χ2n) is 4.13. The Morgan fingerprint density at radius 2 is 1.92 bits per heavy atom. The first-order valence-corrected chi connectivity index (χ1v) is 5.08. The fraction of sp³-hybridized carbons (Fsp3) is 0.636. The molecule has 1 aromatic heterocycles. The predicted octanol–water partition coefficient (Wildman–Crippen LogP) is 2.01.